The number of nitro groups is 1. The fourth-order valence-corrected chi connectivity index (χ4v) is 4.77. The molecule has 0 radical (unpaired) electrons. The van der Waals surface area contributed by atoms with E-state index < -0.39 is 4.92 Å². The Morgan fingerprint density at radius 3 is 2.72 bits per heavy atom. The van der Waals surface area contributed by atoms with Crippen molar-refractivity contribution in [3.63, 3.8) is 0 Å². The molecule has 0 unspecified atom stereocenters. The molecule has 0 N–H and O–H groups in total. The second-order valence-corrected chi connectivity index (χ2v) is 8.01. The molecule has 1 saturated heterocycles. The lowest BCUT2D eigenvalue weighted by molar-refractivity contribution is -0.385. The van der Waals surface area contributed by atoms with Gasteiger partial charge in [0.1, 0.15) is 17.8 Å². The number of anilines is 1. The third-order valence-electron chi connectivity index (χ3n) is 5.30. The van der Waals surface area contributed by atoms with E-state index in [1.54, 1.807) is 24.5 Å². The second kappa shape index (κ2) is 8.16. The van der Waals surface area contributed by atoms with Gasteiger partial charge >= 0.3 is 0 Å². The first-order chi connectivity index (χ1) is 14.1. The predicted octanol–water partition coefficient (Wildman–Crippen LogP) is 4.81. The normalized spacial score (nSPS) is 14.8. The van der Waals surface area contributed by atoms with Gasteiger partial charge in [-0.05, 0) is 37.5 Å². The summed E-state index contributed by atoms with van der Waals surface area (Å²) < 4.78 is 5.46. The van der Waals surface area contributed by atoms with Crippen LogP contribution < -0.4 is 9.64 Å². The average Bonchev–Trinajstić information content (AvgIpc) is 3.24. The van der Waals surface area contributed by atoms with Gasteiger partial charge in [-0.15, -0.1) is 11.3 Å². The average molecular weight is 410 g/mol. The summed E-state index contributed by atoms with van der Waals surface area (Å²) in [4.78, 5) is 22.0. The van der Waals surface area contributed by atoms with Crippen LogP contribution in [0.25, 0.3) is 11.3 Å². The maximum absolute atomic E-state index is 10.9. The molecule has 0 amide bonds. The van der Waals surface area contributed by atoms with Crippen molar-refractivity contribution >= 4 is 22.8 Å². The van der Waals surface area contributed by atoms with Crippen LogP contribution in [0.2, 0.25) is 0 Å². The van der Waals surface area contributed by atoms with E-state index in [1.165, 1.54) is 6.20 Å². The molecule has 0 atom stereocenters. The van der Waals surface area contributed by atoms with Gasteiger partial charge in [-0.2, -0.15) is 0 Å². The predicted molar refractivity (Wildman–Crippen MR) is 114 cm³/mol. The van der Waals surface area contributed by atoms with Crippen LogP contribution >= 0.6 is 11.3 Å². The minimum atomic E-state index is -0.405. The molecular weight excluding hydrogens is 388 g/mol. The quantitative estimate of drug-likeness (QED) is 0.443. The van der Waals surface area contributed by atoms with Crippen molar-refractivity contribution in [3.8, 4) is 17.0 Å². The third kappa shape index (κ3) is 3.93. The van der Waals surface area contributed by atoms with Crippen LogP contribution in [0.4, 0.5) is 11.5 Å². The number of rotatable bonds is 5. The number of pyridine rings is 1. The van der Waals surface area contributed by atoms with Gasteiger partial charge in [0, 0.05) is 36.0 Å². The summed E-state index contributed by atoms with van der Waals surface area (Å²) in [5.41, 5.74) is 2.84. The summed E-state index contributed by atoms with van der Waals surface area (Å²) in [5, 5.41) is 14.2. The van der Waals surface area contributed by atoms with Crippen molar-refractivity contribution in [1.29, 1.82) is 0 Å². The maximum atomic E-state index is 10.9. The number of hydrogen-bond acceptors (Lipinski definition) is 7. The van der Waals surface area contributed by atoms with E-state index in [0.29, 0.717) is 5.92 Å². The summed E-state index contributed by atoms with van der Waals surface area (Å²) in [6, 6.07) is 9.53. The number of thiazole rings is 1. The van der Waals surface area contributed by atoms with Crippen molar-refractivity contribution in [2.45, 2.75) is 25.7 Å². The standard InChI is InChI=1S/C21H22N4O3S/c1-14-11-16(25(26)27)12-22-20(14)24-9-7-15(8-10-24)21-23-18(13-29-21)17-5-3-4-6-19(17)28-2/h3-6,11-13,15H,7-10H2,1-2H3. The summed E-state index contributed by atoms with van der Waals surface area (Å²) in [6.45, 7) is 3.60. The molecule has 1 aliphatic rings. The van der Waals surface area contributed by atoms with E-state index in [0.717, 1.165) is 59.3 Å². The van der Waals surface area contributed by atoms with Gasteiger partial charge < -0.3 is 9.64 Å². The molecule has 0 saturated carbocycles. The summed E-state index contributed by atoms with van der Waals surface area (Å²) in [6.07, 6.45) is 3.31. The SMILES string of the molecule is COc1ccccc1-c1csc(C2CCN(c3ncc([N+](=O)[O-])cc3C)CC2)n1. The van der Waals surface area contributed by atoms with E-state index in [-0.39, 0.29) is 5.69 Å². The molecule has 1 aromatic carbocycles. The molecule has 0 aliphatic carbocycles. The highest BCUT2D eigenvalue weighted by atomic mass is 32.1. The molecule has 7 nitrogen and oxygen atoms in total. The summed E-state index contributed by atoms with van der Waals surface area (Å²) in [7, 11) is 1.68. The molecule has 0 bridgehead atoms. The summed E-state index contributed by atoms with van der Waals surface area (Å²) in [5.74, 6) is 2.08. The lowest BCUT2D eigenvalue weighted by atomic mass is 9.97. The van der Waals surface area contributed by atoms with Gasteiger partial charge in [-0.25, -0.2) is 9.97 Å². The van der Waals surface area contributed by atoms with Crippen LogP contribution in [0.3, 0.4) is 0 Å². The van der Waals surface area contributed by atoms with Crippen LogP contribution in [0.1, 0.15) is 29.3 Å². The van der Waals surface area contributed by atoms with Gasteiger partial charge in [0.15, 0.2) is 0 Å². The number of ether oxygens (including phenoxy) is 1. The van der Waals surface area contributed by atoms with Crippen molar-refractivity contribution < 1.29 is 9.66 Å². The Bertz CT molecular complexity index is 1030. The maximum Gasteiger partial charge on any atom is 0.287 e. The van der Waals surface area contributed by atoms with Crippen LogP contribution in [0.5, 0.6) is 5.75 Å². The van der Waals surface area contributed by atoms with E-state index in [4.69, 9.17) is 9.72 Å². The monoisotopic (exact) mass is 410 g/mol. The number of aromatic nitrogens is 2. The largest absolute Gasteiger partial charge is 0.496 e. The highest BCUT2D eigenvalue weighted by Crippen LogP contribution is 2.36. The van der Waals surface area contributed by atoms with Gasteiger partial charge in [0.05, 0.1) is 22.7 Å². The molecule has 1 aliphatic heterocycles. The number of benzene rings is 1. The second-order valence-electron chi connectivity index (χ2n) is 7.12. The van der Waals surface area contributed by atoms with Crippen LogP contribution in [-0.4, -0.2) is 35.1 Å². The van der Waals surface area contributed by atoms with Crippen molar-refractivity contribution in [2.75, 3.05) is 25.1 Å². The zero-order chi connectivity index (χ0) is 20.4. The Balaban J connectivity index is 1.45. The molecule has 1 fully saturated rings. The molecule has 3 heterocycles. The first-order valence-corrected chi connectivity index (χ1v) is 10.4. The first kappa shape index (κ1) is 19.3. The Kier molecular flexibility index (Phi) is 5.44. The fraction of sp³-hybridized carbons (Fsp3) is 0.333. The van der Waals surface area contributed by atoms with Gasteiger partial charge in [-0.1, -0.05) is 12.1 Å². The Hall–Kier alpha value is -3.00. The number of hydrogen-bond donors (Lipinski definition) is 0. The minimum absolute atomic E-state index is 0.0350. The van der Waals surface area contributed by atoms with Crippen molar-refractivity contribution in [1.82, 2.24) is 9.97 Å². The van der Waals surface area contributed by atoms with E-state index in [1.807, 2.05) is 31.2 Å². The van der Waals surface area contributed by atoms with E-state index in [9.17, 15) is 10.1 Å². The topological polar surface area (TPSA) is 81.4 Å². The molecule has 2 aromatic heterocycles. The first-order valence-electron chi connectivity index (χ1n) is 9.51. The number of para-hydroxylation sites is 1. The van der Waals surface area contributed by atoms with E-state index >= 15 is 0 Å². The Morgan fingerprint density at radius 2 is 2.03 bits per heavy atom. The number of nitrogens with zero attached hydrogens (tertiary/aromatic N) is 4. The molecular formula is C21H22N4O3S. The molecule has 4 rings (SSSR count). The van der Waals surface area contributed by atoms with E-state index in [2.05, 4.69) is 15.3 Å². The van der Waals surface area contributed by atoms with Crippen LogP contribution in [0.15, 0.2) is 41.9 Å². The number of piperidine rings is 1. The Labute approximate surface area is 173 Å². The molecule has 29 heavy (non-hydrogen) atoms. The zero-order valence-electron chi connectivity index (χ0n) is 16.4. The van der Waals surface area contributed by atoms with Gasteiger partial charge in [0.25, 0.3) is 5.69 Å². The molecule has 8 heteroatoms. The van der Waals surface area contributed by atoms with Crippen LogP contribution in [0, 0.1) is 17.0 Å². The molecule has 150 valence electrons. The Morgan fingerprint density at radius 1 is 1.28 bits per heavy atom. The smallest absolute Gasteiger partial charge is 0.287 e. The molecule has 0 spiro atoms. The highest BCUT2D eigenvalue weighted by molar-refractivity contribution is 7.10. The van der Waals surface area contributed by atoms with Crippen molar-refractivity contribution in [3.05, 3.63) is 62.6 Å². The van der Waals surface area contributed by atoms with Crippen LogP contribution in [-0.2, 0) is 0 Å². The van der Waals surface area contributed by atoms with Gasteiger partial charge in [0.2, 0.25) is 0 Å². The number of methoxy groups -OCH3 is 1. The number of aryl methyl sites for hydroxylation is 1. The highest BCUT2D eigenvalue weighted by Gasteiger charge is 2.25. The fourth-order valence-electron chi connectivity index (χ4n) is 3.78. The lowest BCUT2D eigenvalue weighted by Gasteiger charge is -2.32. The lowest BCUT2D eigenvalue weighted by Crippen LogP contribution is -2.34. The van der Waals surface area contributed by atoms with Crippen molar-refractivity contribution in [2.24, 2.45) is 0 Å². The third-order valence-corrected chi connectivity index (χ3v) is 6.30. The molecule has 3 aromatic rings. The zero-order valence-corrected chi connectivity index (χ0v) is 17.2. The minimum Gasteiger partial charge on any atom is -0.496 e. The summed E-state index contributed by atoms with van der Waals surface area (Å²) >= 11 is 1.70. The van der Waals surface area contributed by atoms with Gasteiger partial charge in [-0.3, -0.25) is 10.1 Å².